The zero-order chi connectivity index (χ0) is 13.1. The lowest BCUT2D eigenvalue weighted by Gasteiger charge is -2.07. The average molecular weight is 300 g/mol. The van der Waals surface area contributed by atoms with Gasteiger partial charge in [-0.3, -0.25) is 9.21 Å². The molecule has 0 bridgehead atoms. The Morgan fingerprint density at radius 3 is 2.83 bits per heavy atom. The van der Waals surface area contributed by atoms with Crippen LogP contribution in [0.1, 0.15) is 5.56 Å². The summed E-state index contributed by atoms with van der Waals surface area (Å²) in [6.07, 6.45) is 0. The highest BCUT2D eigenvalue weighted by atomic mass is 35.5. The molecule has 1 aliphatic heterocycles. The molecule has 1 aromatic carbocycles. The van der Waals surface area contributed by atoms with Crippen molar-refractivity contribution in [2.24, 2.45) is 0 Å². The zero-order valence-corrected chi connectivity index (χ0v) is 11.3. The number of rotatable bonds is 2. The molecule has 1 amide bonds. The van der Waals surface area contributed by atoms with E-state index in [2.05, 4.69) is 5.32 Å². The number of nitrogens with zero attached hydrogens (tertiary/aromatic N) is 2. The first-order valence-electron chi connectivity index (χ1n) is 4.90. The molecule has 7 heteroatoms. The first-order chi connectivity index (χ1) is 8.63. The van der Waals surface area contributed by atoms with Crippen LogP contribution in [-0.2, 0) is 4.79 Å². The molecule has 4 nitrogen and oxygen atoms in total. The number of hydrogen-bond acceptors (Lipinski definition) is 4. The van der Waals surface area contributed by atoms with Crippen molar-refractivity contribution in [2.45, 2.75) is 0 Å². The summed E-state index contributed by atoms with van der Waals surface area (Å²) < 4.78 is 1.26. The molecule has 0 fully saturated rings. The lowest BCUT2D eigenvalue weighted by molar-refractivity contribution is -0.112. The van der Waals surface area contributed by atoms with Crippen molar-refractivity contribution in [1.82, 2.24) is 4.42 Å². The predicted molar refractivity (Wildman–Crippen MR) is 72.8 cm³/mol. The van der Waals surface area contributed by atoms with E-state index in [9.17, 15) is 4.79 Å². The molecule has 0 saturated carbocycles. The third-order valence-corrected chi connectivity index (χ3v) is 4.30. The van der Waals surface area contributed by atoms with Crippen LogP contribution >= 0.6 is 35.1 Å². The Hall–Kier alpha value is -1.35. The van der Waals surface area contributed by atoms with Crippen LogP contribution < -0.4 is 5.32 Å². The Kier molecular flexibility index (Phi) is 4.02. The molecule has 0 atom stereocenters. The van der Waals surface area contributed by atoms with Gasteiger partial charge in [-0.1, -0.05) is 35.5 Å². The van der Waals surface area contributed by atoms with Gasteiger partial charge in [0.1, 0.15) is 16.1 Å². The predicted octanol–water partition coefficient (Wildman–Crippen LogP) is 3.06. The molecule has 0 aliphatic carbocycles. The molecular formula is C11H7Cl2N3OS. The Morgan fingerprint density at radius 2 is 2.22 bits per heavy atom. The second-order valence-electron chi connectivity index (χ2n) is 3.37. The molecule has 1 heterocycles. The first-order valence-corrected chi connectivity index (χ1v) is 6.60. The largest absolute Gasteiger partial charge is 0.320 e. The van der Waals surface area contributed by atoms with Gasteiger partial charge in [0.25, 0.3) is 5.91 Å². The van der Waals surface area contributed by atoms with Crippen LogP contribution in [0.15, 0.2) is 34.3 Å². The molecule has 2 rings (SSSR count). The van der Waals surface area contributed by atoms with E-state index in [1.807, 2.05) is 6.07 Å². The van der Waals surface area contributed by atoms with Crippen LogP contribution in [0.2, 0.25) is 0 Å². The van der Waals surface area contributed by atoms with Gasteiger partial charge in [-0.15, -0.1) is 0 Å². The Morgan fingerprint density at radius 1 is 1.50 bits per heavy atom. The normalized spacial score (nSPS) is 14.6. The fourth-order valence-electron chi connectivity index (χ4n) is 1.38. The molecule has 92 valence electrons. The lowest BCUT2D eigenvalue weighted by Crippen LogP contribution is -2.13. The van der Waals surface area contributed by atoms with Gasteiger partial charge >= 0.3 is 0 Å². The van der Waals surface area contributed by atoms with Gasteiger partial charge in [0.2, 0.25) is 0 Å². The second-order valence-corrected chi connectivity index (χ2v) is 5.09. The number of para-hydroxylation sites is 1. The van der Waals surface area contributed by atoms with Crippen molar-refractivity contribution in [3.05, 3.63) is 39.9 Å². The summed E-state index contributed by atoms with van der Waals surface area (Å²) in [5.41, 5.74) is 0.851. The summed E-state index contributed by atoms with van der Waals surface area (Å²) in [4.78, 5) is 12.3. The summed E-state index contributed by atoms with van der Waals surface area (Å²) in [5.74, 6) is 0.0547. The standard InChI is InChI=1S/C11H7Cl2N3OS/c12-10-9(18-6-16(10)13)11(17)15-8-4-2-1-3-7(8)5-14/h1-4H,6H2,(H,15,17). The summed E-state index contributed by atoms with van der Waals surface area (Å²) >= 11 is 12.9. The van der Waals surface area contributed by atoms with Gasteiger partial charge < -0.3 is 5.32 Å². The van der Waals surface area contributed by atoms with E-state index in [0.717, 1.165) is 0 Å². The van der Waals surface area contributed by atoms with Crippen molar-refractivity contribution >= 4 is 46.7 Å². The number of carbonyl (C=O) groups excluding carboxylic acids is 1. The fraction of sp³-hybridized carbons (Fsp3) is 0.0909. The van der Waals surface area contributed by atoms with Crippen LogP contribution in [0.4, 0.5) is 5.69 Å². The Labute approximate surface area is 118 Å². The van der Waals surface area contributed by atoms with Crippen molar-refractivity contribution in [2.75, 3.05) is 11.2 Å². The van der Waals surface area contributed by atoms with E-state index in [1.165, 1.54) is 16.2 Å². The third-order valence-electron chi connectivity index (χ3n) is 2.22. The number of carbonyl (C=O) groups is 1. The van der Waals surface area contributed by atoms with E-state index in [1.54, 1.807) is 24.3 Å². The van der Waals surface area contributed by atoms with Crippen molar-refractivity contribution in [3.63, 3.8) is 0 Å². The van der Waals surface area contributed by atoms with Gasteiger partial charge in [-0.25, -0.2) is 0 Å². The number of benzene rings is 1. The topological polar surface area (TPSA) is 56.1 Å². The summed E-state index contributed by atoms with van der Waals surface area (Å²) in [5, 5.41) is 11.8. The van der Waals surface area contributed by atoms with Crippen LogP contribution in [0.25, 0.3) is 0 Å². The van der Waals surface area contributed by atoms with Gasteiger partial charge in [-0.2, -0.15) is 5.26 Å². The highest BCUT2D eigenvalue weighted by Crippen LogP contribution is 2.36. The second kappa shape index (κ2) is 5.53. The first kappa shape index (κ1) is 13.1. The van der Waals surface area contributed by atoms with E-state index >= 15 is 0 Å². The minimum atomic E-state index is -0.365. The number of halogens is 2. The molecule has 18 heavy (non-hydrogen) atoms. The molecule has 0 radical (unpaired) electrons. The molecule has 0 saturated heterocycles. The van der Waals surface area contributed by atoms with Crippen LogP contribution in [-0.4, -0.2) is 16.2 Å². The molecule has 1 N–H and O–H groups in total. The minimum absolute atomic E-state index is 0.202. The van der Waals surface area contributed by atoms with Gasteiger partial charge in [-0.05, 0) is 12.1 Å². The fourth-order valence-corrected chi connectivity index (χ4v) is 2.82. The number of anilines is 1. The van der Waals surface area contributed by atoms with Crippen LogP contribution in [0.3, 0.4) is 0 Å². The maximum Gasteiger partial charge on any atom is 0.265 e. The smallest absolute Gasteiger partial charge is 0.265 e. The maximum absolute atomic E-state index is 12.0. The minimum Gasteiger partial charge on any atom is -0.320 e. The van der Waals surface area contributed by atoms with Gasteiger partial charge in [0, 0.05) is 11.8 Å². The van der Waals surface area contributed by atoms with Crippen molar-refractivity contribution in [1.29, 1.82) is 5.26 Å². The van der Waals surface area contributed by atoms with Crippen LogP contribution in [0, 0.1) is 11.3 Å². The number of hydrogen-bond donors (Lipinski definition) is 1. The highest BCUT2D eigenvalue weighted by Gasteiger charge is 2.26. The number of nitriles is 1. The molecular weight excluding hydrogens is 293 g/mol. The average Bonchev–Trinajstić information content (AvgIpc) is 2.71. The highest BCUT2D eigenvalue weighted by molar-refractivity contribution is 8.04. The Bertz CT molecular complexity index is 568. The van der Waals surface area contributed by atoms with E-state index in [-0.39, 0.29) is 11.1 Å². The summed E-state index contributed by atoms with van der Waals surface area (Å²) in [6.45, 7) is 0. The Balaban J connectivity index is 2.21. The molecule has 1 aromatic rings. The van der Waals surface area contributed by atoms with Gasteiger partial charge in [0.15, 0.2) is 0 Å². The monoisotopic (exact) mass is 299 g/mol. The van der Waals surface area contributed by atoms with Gasteiger partial charge in [0.05, 0.1) is 17.1 Å². The molecule has 0 aromatic heterocycles. The van der Waals surface area contributed by atoms with E-state index < -0.39 is 0 Å². The number of amides is 1. The molecule has 0 spiro atoms. The van der Waals surface area contributed by atoms with Crippen LogP contribution in [0.5, 0.6) is 0 Å². The number of thioether (sulfide) groups is 1. The number of nitrogens with one attached hydrogen (secondary N) is 1. The summed E-state index contributed by atoms with van der Waals surface area (Å²) in [6, 6.07) is 8.75. The maximum atomic E-state index is 12.0. The molecule has 1 aliphatic rings. The zero-order valence-electron chi connectivity index (χ0n) is 8.98. The van der Waals surface area contributed by atoms with E-state index in [0.29, 0.717) is 22.0 Å². The van der Waals surface area contributed by atoms with Crippen molar-refractivity contribution < 1.29 is 4.79 Å². The summed E-state index contributed by atoms with van der Waals surface area (Å²) in [7, 11) is 0. The quantitative estimate of drug-likeness (QED) is 0.673. The molecule has 0 unspecified atom stereocenters. The third kappa shape index (κ3) is 2.56. The van der Waals surface area contributed by atoms with E-state index in [4.69, 9.17) is 28.6 Å². The lowest BCUT2D eigenvalue weighted by atomic mass is 10.2. The van der Waals surface area contributed by atoms with Crippen molar-refractivity contribution in [3.8, 4) is 6.07 Å². The SMILES string of the molecule is N#Cc1ccccc1NC(=O)C1=C(Cl)N(Cl)CS1.